The van der Waals surface area contributed by atoms with Gasteiger partial charge in [-0.25, -0.2) is 4.98 Å². The summed E-state index contributed by atoms with van der Waals surface area (Å²) < 4.78 is 5.86. The quantitative estimate of drug-likeness (QED) is 0.874. The van der Waals surface area contributed by atoms with Crippen molar-refractivity contribution in [1.29, 1.82) is 5.26 Å². The van der Waals surface area contributed by atoms with Crippen molar-refractivity contribution in [1.82, 2.24) is 10.3 Å². The van der Waals surface area contributed by atoms with Crippen LogP contribution in [0.5, 0.6) is 11.6 Å². The number of rotatable bonds is 6. The summed E-state index contributed by atoms with van der Waals surface area (Å²) in [5.41, 5.74) is 1.49. The number of benzene rings is 1. The van der Waals surface area contributed by atoms with Crippen molar-refractivity contribution in [3.63, 3.8) is 0 Å². The van der Waals surface area contributed by atoms with Crippen LogP contribution in [-0.4, -0.2) is 11.5 Å². The first kappa shape index (κ1) is 15.0. The van der Waals surface area contributed by atoms with Gasteiger partial charge in [0.1, 0.15) is 11.8 Å². The van der Waals surface area contributed by atoms with Gasteiger partial charge in [-0.1, -0.05) is 25.1 Å². The summed E-state index contributed by atoms with van der Waals surface area (Å²) in [6.07, 6.45) is 2.76. The summed E-state index contributed by atoms with van der Waals surface area (Å²) in [6, 6.07) is 13.3. The lowest BCUT2D eigenvalue weighted by molar-refractivity contribution is 0.441. The maximum Gasteiger partial charge on any atom is 0.224 e. The highest BCUT2D eigenvalue weighted by Crippen LogP contribution is 2.29. The fourth-order valence-electron chi connectivity index (χ4n) is 2.04. The van der Waals surface area contributed by atoms with Gasteiger partial charge < -0.3 is 10.1 Å². The zero-order valence-electron chi connectivity index (χ0n) is 12.3. The molecule has 0 aliphatic heterocycles. The summed E-state index contributed by atoms with van der Waals surface area (Å²) in [6.45, 7) is 5.14. The Morgan fingerprint density at radius 3 is 2.86 bits per heavy atom. The van der Waals surface area contributed by atoms with Crippen LogP contribution in [-0.2, 0) is 0 Å². The van der Waals surface area contributed by atoms with E-state index in [2.05, 4.69) is 30.2 Å². The van der Waals surface area contributed by atoms with Crippen molar-refractivity contribution in [3.05, 3.63) is 53.7 Å². The second-order valence-corrected chi connectivity index (χ2v) is 4.78. The summed E-state index contributed by atoms with van der Waals surface area (Å²) >= 11 is 0. The maximum atomic E-state index is 9.13. The van der Waals surface area contributed by atoms with E-state index >= 15 is 0 Å². The molecule has 1 atom stereocenters. The van der Waals surface area contributed by atoms with E-state index in [4.69, 9.17) is 10.00 Å². The van der Waals surface area contributed by atoms with E-state index < -0.39 is 0 Å². The molecule has 0 radical (unpaired) electrons. The molecular weight excluding hydrogens is 262 g/mol. The van der Waals surface area contributed by atoms with Gasteiger partial charge in [-0.3, -0.25) is 0 Å². The molecule has 0 bridgehead atoms. The van der Waals surface area contributed by atoms with Gasteiger partial charge in [0.2, 0.25) is 5.88 Å². The van der Waals surface area contributed by atoms with Crippen LogP contribution in [0.3, 0.4) is 0 Å². The third-order valence-corrected chi connectivity index (χ3v) is 3.18. The van der Waals surface area contributed by atoms with E-state index in [0.29, 0.717) is 17.2 Å². The van der Waals surface area contributed by atoms with Gasteiger partial charge in [-0.15, -0.1) is 0 Å². The normalized spacial score (nSPS) is 11.7. The molecule has 0 saturated carbocycles. The van der Waals surface area contributed by atoms with E-state index in [9.17, 15) is 0 Å². The first-order valence-electron chi connectivity index (χ1n) is 7.11. The average Bonchev–Trinajstić information content (AvgIpc) is 2.53. The number of aromatic nitrogens is 1. The van der Waals surface area contributed by atoms with Crippen molar-refractivity contribution < 1.29 is 4.74 Å². The lowest BCUT2D eigenvalue weighted by atomic mass is 10.1. The second-order valence-electron chi connectivity index (χ2n) is 4.78. The van der Waals surface area contributed by atoms with Crippen LogP contribution >= 0.6 is 0 Å². The lowest BCUT2D eigenvalue weighted by Gasteiger charge is -2.17. The molecule has 0 fully saturated rings. The molecular formula is C17H19N3O. The minimum Gasteiger partial charge on any atom is -0.437 e. The van der Waals surface area contributed by atoms with Crippen LogP contribution in [0.1, 0.15) is 37.4 Å². The fourth-order valence-corrected chi connectivity index (χ4v) is 2.04. The van der Waals surface area contributed by atoms with Crippen LogP contribution in [0.4, 0.5) is 0 Å². The molecule has 1 unspecified atom stereocenters. The highest BCUT2D eigenvalue weighted by Gasteiger charge is 2.13. The number of ether oxygens (including phenoxy) is 1. The number of hydrogen-bond donors (Lipinski definition) is 1. The van der Waals surface area contributed by atoms with Crippen LogP contribution in [0.25, 0.3) is 0 Å². The second kappa shape index (κ2) is 7.41. The highest BCUT2D eigenvalue weighted by atomic mass is 16.5. The standard InChI is InChI=1S/C17H19N3O/c1-3-10-19-13(2)15-8-6-11-20-17(15)21-16-9-5-4-7-14(16)12-18/h4-9,11,13,19H,3,10H2,1-2H3. The molecule has 108 valence electrons. The predicted molar refractivity (Wildman–Crippen MR) is 82.2 cm³/mol. The molecule has 4 nitrogen and oxygen atoms in total. The van der Waals surface area contributed by atoms with Crippen LogP contribution in [0, 0.1) is 11.3 Å². The fraction of sp³-hybridized carbons (Fsp3) is 0.294. The van der Waals surface area contributed by atoms with Crippen molar-refractivity contribution >= 4 is 0 Å². The highest BCUT2D eigenvalue weighted by molar-refractivity contribution is 5.45. The number of para-hydroxylation sites is 1. The Kier molecular flexibility index (Phi) is 5.30. The van der Waals surface area contributed by atoms with Gasteiger partial charge in [0.05, 0.1) is 5.56 Å². The Balaban J connectivity index is 2.26. The number of nitrogens with zero attached hydrogens (tertiary/aromatic N) is 2. The lowest BCUT2D eigenvalue weighted by Crippen LogP contribution is -2.20. The van der Waals surface area contributed by atoms with E-state index in [1.165, 1.54) is 0 Å². The first-order valence-corrected chi connectivity index (χ1v) is 7.11. The van der Waals surface area contributed by atoms with Gasteiger partial charge >= 0.3 is 0 Å². The molecule has 2 aromatic rings. The van der Waals surface area contributed by atoms with E-state index in [-0.39, 0.29) is 6.04 Å². The molecule has 1 aromatic carbocycles. The van der Waals surface area contributed by atoms with Crippen LogP contribution < -0.4 is 10.1 Å². The molecule has 4 heteroatoms. The van der Waals surface area contributed by atoms with Gasteiger partial charge in [-0.2, -0.15) is 5.26 Å². The Bertz CT molecular complexity index is 634. The summed E-state index contributed by atoms with van der Waals surface area (Å²) in [4.78, 5) is 4.31. The average molecular weight is 281 g/mol. The molecule has 0 amide bonds. The van der Waals surface area contributed by atoms with E-state index in [0.717, 1.165) is 18.5 Å². The van der Waals surface area contributed by atoms with Crippen LogP contribution in [0.2, 0.25) is 0 Å². The number of nitrogens with one attached hydrogen (secondary N) is 1. The number of pyridine rings is 1. The smallest absolute Gasteiger partial charge is 0.224 e. The SMILES string of the molecule is CCCNC(C)c1cccnc1Oc1ccccc1C#N. The third kappa shape index (κ3) is 3.80. The van der Waals surface area contributed by atoms with E-state index in [1.807, 2.05) is 24.3 Å². The maximum absolute atomic E-state index is 9.13. The zero-order chi connectivity index (χ0) is 15.1. The van der Waals surface area contributed by atoms with Crippen molar-refractivity contribution in [2.45, 2.75) is 26.3 Å². The molecule has 2 rings (SSSR count). The van der Waals surface area contributed by atoms with Crippen molar-refractivity contribution in [2.24, 2.45) is 0 Å². The molecule has 0 aliphatic carbocycles. The van der Waals surface area contributed by atoms with Gasteiger partial charge in [0.15, 0.2) is 0 Å². The molecule has 1 aromatic heterocycles. The zero-order valence-corrected chi connectivity index (χ0v) is 12.3. The topological polar surface area (TPSA) is 57.9 Å². The Labute approximate surface area is 125 Å². The first-order chi connectivity index (χ1) is 10.3. The molecule has 1 heterocycles. The Morgan fingerprint density at radius 2 is 2.10 bits per heavy atom. The monoisotopic (exact) mass is 281 g/mol. The molecule has 21 heavy (non-hydrogen) atoms. The summed E-state index contributed by atoms with van der Waals surface area (Å²) in [5, 5.41) is 12.5. The number of nitriles is 1. The van der Waals surface area contributed by atoms with Crippen LogP contribution in [0.15, 0.2) is 42.6 Å². The van der Waals surface area contributed by atoms with Gasteiger partial charge in [0.25, 0.3) is 0 Å². The molecule has 0 spiro atoms. The van der Waals surface area contributed by atoms with Crippen molar-refractivity contribution in [3.8, 4) is 17.7 Å². The molecule has 0 saturated heterocycles. The summed E-state index contributed by atoms with van der Waals surface area (Å²) in [7, 11) is 0. The predicted octanol–water partition coefficient (Wildman–Crippen LogP) is 3.81. The minimum atomic E-state index is 0.142. The van der Waals surface area contributed by atoms with E-state index in [1.54, 1.807) is 18.3 Å². The number of hydrogen-bond acceptors (Lipinski definition) is 4. The van der Waals surface area contributed by atoms with Gasteiger partial charge in [-0.05, 0) is 38.1 Å². The summed E-state index contributed by atoms with van der Waals surface area (Å²) in [5.74, 6) is 1.07. The van der Waals surface area contributed by atoms with Crippen molar-refractivity contribution in [2.75, 3.05) is 6.54 Å². The third-order valence-electron chi connectivity index (χ3n) is 3.18. The minimum absolute atomic E-state index is 0.142. The largest absolute Gasteiger partial charge is 0.437 e. The van der Waals surface area contributed by atoms with Gasteiger partial charge in [0, 0.05) is 17.8 Å². The molecule has 1 N–H and O–H groups in total. The Morgan fingerprint density at radius 1 is 1.29 bits per heavy atom. The Hall–Kier alpha value is -2.38. The molecule has 0 aliphatic rings.